The largest absolute Gasteiger partial charge is 0.475 e. The molecule has 0 aliphatic heterocycles. The molecule has 1 rings (SSSR count). The lowest BCUT2D eigenvalue weighted by atomic mass is 10.6. The molecule has 1 aromatic heterocycles. The molecule has 1 aromatic rings. The van der Waals surface area contributed by atoms with E-state index in [1.54, 1.807) is 12.1 Å². The maximum Gasteiger partial charge on any atom is 0.233 e. The second-order valence-corrected chi connectivity index (χ2v) is 2.22. The second-order valence-electron chi connectivity index (χ2n) is 1.83. The van der Waals surface area contributed by atoms with Crippen LogP contribution in [-0.4, -0.2) is 23.3 Å². The number of nitrogens with zero attached hydrogens (tertiary/aromatic N) is 2. The van der Waals surface area contributed by atoms with E-state index < -0.39 is 0 Å². The van der Waals surface area contributed by atoms with Crippen molar-refractivity contribution in [3.63, 3.8) is 0 Å². The molecular weight excluding hydrogens is 201 g/mol. The first kappa shape index (κ1) is 11.4. The van der Waals surface area contributed by atoms with Gasteiger partial charge in [0.1, 0.15) is 6.61 Å². The molecule has 0 aromatic carbocycles. The quantitative estimate of drug-likeness (QED) is 0.804. The van der Waals surface area contributed by atoms with E-state index in [0.29, 0.717) is 24.2 Å². The van der Waals surface area contributed by atoms with E-state index in [1.807, 2.05) is 0 Å². The molecule has 1 heterocycles. The standard InChI is InChI=1S/C6H8ClN3O.ClH/c7-5-1-2-6(10-9-5)11-4-3-8;/h1-2H,3-4,8H2;1H. The Labute approximate surface area is 81.5 Å². The van der Waals surface area contributed by atoms with Crippen LogP contribution < -0.4 is 10.5 Å². The van der Waals surface area contributed by atoms with Crippen molar-refractivity contribution in [2.24, 2.45) is 5.73 Å². The first-order valence-corrected chi connectivity index (χ1v) is 3.53. The molecular formula is C6H9Cl2N3O. The fourth-order valence-electron chi connectivity index (χ4n) is 0.544. The van der Waals surface area contributed by atoms with Crippen molar-refractivity contribution in [2.75, 3.05) is 13.2 Å². The Kier molecular flexibility index (Phi) is 5.70. The smallest absolute Gasteiger partial charge is 0.233 e. The van der Waals surface area contributed by atoms with Crippen molar-refractivity contribution >= 4 is 24.0 Å². The van der Waals surface area contributed by atoms with Crippen LogP contribution in [0.1, 0.15) is 0 Å². The van der Waals surface area contributed by atoms with Crippen LogP contribution in [0, 0.1) is 0 Å². The molecule has 0 aliphatic rings. The predicted octanol–water partition coefficient (Wildman–Crippen LogP) is 0.889. The number of hydrogen-bond acceptors (Lipinski definition) is 4. The third-order valence-corrected chi connectivity index (χ3v) is 1.18. The van der Waals surface area contributed by atoms with Crippen molar-refractivity contribution in [1.82, 2.24) is 10.2 Å². The predicted molar refractivity (Wildman–Crippen MR) is 48.8 cm³/mol. The zero-order valence-corrected chi connectivity index (χ0v) is 7.81. The lowest BCUT2D eigenvalue weighted by molar-refractivity contribution is 0.312. The highest BCUT2D eigenvalue weighted by Gasteiger charge is 1.94. The molecule has 0 fully saturated rings. The minimum absolute atomic E-state index is 0. The summed E-state index contributed by atoms with van der Waals surface area (Å²) in [4.78, 5) is 0. The number of ether oxygens (including phenoxy) is 1. The monoisotopic (exact) mass is 209 g/mol. The highest BCUT2D eigenvalue weighted by Crippen LogP contribution is 2.07. The van der Waals surface area contributed by atoms with Gasteiger partial charge in [-0.3, -0.25) is 0 Å². The van der Waals surface area contributed by atoms with Gasteiger partial charge < -0.3 is 10.5 Å². The Morgan fingerprint density at radius 2 is 2.17 bits per heavy atom. The fourth-order valence-corrected chi connectivity index (χ4v) is 0.645. The van der Waals surface area contributed by atoms with Crippen LogP contribution in [-0.2, 0) is 0 Å². The summed E-state index contributed by atoms with van der Waals surface area (Å²) in [7, 11) is 0. The lowest BCUT2D eigenvalue weighted by Gasteiger charge is -2.00. The van der Waals surface area contributed by atoms with Gasteiger partial charge in [0.15, 0.2) is 5.15 Å². The summed E-state index contributed by atoms with van der Waals surface area (Å²) in [5.74, 6) is 0.444. The van der Waals surface area contributed by atoms with Gasteiger partial charge in [-0.2, -0.15) is 0 Å². The van der Waals surface area contributed by atoms with Crippen molar-refractivity contribution in [3.05, 3.63) is 17.3 Å². The van der Waals surface area contributed by atoms with Crippen LogP contribution in [0.5, 0.6) is 5.88 Å². The Morgan fingerprint density at radius 3 is 2.67 bits per heavy atom. The Balaban J connectivity index is 0.00000121. The zero-order valence-electron chi connectivity index (χ0n) is 6.24. The minimum Gasteiger partial charge on any atom is -0.475 e. The molecule has 0 atom stereocenters. The second kappa shape index (κ2) is 5.99. The van der Waals surface area contributed by atoms with Gasteiger partial charge in [-0.25, -0.2) is 0 Å². The molecule has 4 nitrogen and oxygen atoms in total. The summed E-state index contributed by atoms with van der Waals surface area (Å²) in [6.07, 6.45) is 0. The molecule has 12 heavy (non-hydrogen) atoms. The SMILES string of the molecule is Cl.NCCOc1ccc(Cl)nn1. The highest BCUT2D eigenvalue weighted by molar-refractivity contribution is 6.29. The van der Waals surface area contributed by atoms with Crippen molar-refractivity contribution in [1.29, 1.82) is 0 Å². The van der Waals surface area contributed by atoms with E-state index in [-0.39, 0.29) is 12.4 Å². The Bertz CT molecular complexity index is 217. The molecule has 2 N–H and O–H groups in total. The van der Waals surface area contributed by atoms with Gasteiger partial charge in [0.2, 0.25) is 5.88 Å². The van der Waals surface area contributed by atoms with E-state index in [1.165, 1.54) is 0 Å². The van der Waals surface area contributed by atoms with Gasteiger partial charge in [-0.05, 0) is 6.07 Å². The van der Waals surface area contributed by atoms with Gasteiger partial charge in [-0.1, -0.05) is 11.6 Å². The van der Waals surface area contributed by atoms with Gasteiger partial charge in [0.25, 0.3) is 0 Å². The highest BCUT2D eigenvalue weighted by atomic mass is 35.5. The Hall–Kier alpha value is -0.580. The van der Waals surface area contributed by atoms with E-state index >= 15 is 0 Å². The number of nitrogens with two attached hydrogens (primary N) is 1. The fraction of sp³-hybridized carbons (Fsp3) is 0.333. The summed E-state index contributed by atoms with van der Waals surface area (Å²) in [5, 5.41) is 7.59. The van der Waals surface area contributed by atoms with E-state index in [0.717, 1.165) is 0 Å². The molecule has 0 unspecified atom stereocenters. The van der Waals surface area contributed by atoms with Crippen LogP contribution in [0.15, 0.2) is 12.1 Å². The Morgan fingerprint density at radius 1 is 1.42 bits per heavy atom. The van der Waals surface area contributed by atoms with Crippen molar-refractivity contribution in [3.8, 4) is 5.88 Å². The van der Waals surface area contributed by atoms with E-state index in [9.17, 15) is 0 Å². The van der Waals surface area contributed by atoms with Crippen LogP contribution >= 0.6 is 24.0 Å². The van der Waals surface area contributed by atoms with E-state index in [4.69, 9.17) is 22.1 Å². The van der Waals surface area contributed by atoms with E-state index in [2.05, 4.69) is 10.2 Å². The van der Waals surface area contributed by atoms with Crippen molar-refractivity contribution in [2.45, 2.75) is 0 Å². The molecule has 0 radical (unpaired) electrons. The maximum absolute atomic E-state index is 5.49. The third-order valence-electron chi connectivity index (χ3n) is 0.975. The minimum atomic E-state index is 0. The van der Waals surface area contributed by atoms with Crippen LogP contribution in [0.2, 0.25) is 5.15 Å². The van der Waals surface area contributed by atoms with Crippen LogP contribution in [0.25, 0.3) is 0 Å². The van der Waals surface area contributed by atoms with Crippen molar-refractivity contribution < 1.29 is 4.74 Å². The third kappa shape index (κ3) is 3.71. The molecule has 0 spiro atoms. The zero-order chi connectivity index (χ0) is 8.10. The first-order valence-electron chi connectivity index (χ1n) is 3.15. The molecule has 0 amide bonds. The van der Waals surface area contributed by atoms with Gasteiger partial charge in [-0.15, -0.1) is 22.6 Å². The summed E-state index contributed by atoms with van der Waals surface area (Å²) in [6.45, 7) is 0.903. The number of rotatable bonds is 3. The average molecular weight is 210 g/mol. The summed E-state index contributed by atoms with van der Waals surface area (Å²) < 4.78 is 5.05. The first-order chi connectivity index (χ1) is 5.33. The summed E-state index contributed by atoms with van der Waals surface area (Å²) in [6, 6.07) is 3.26. The van der Waals surface area contributed by atoms with Gasteiger partial charge in [0.05, 0.1) is 0 Å². The molecule has 68 valence electrons. The molecule has 6 heteroatoms. The normalized spacial score (nSPS) is 8.83. The summed E-state index contributed by atoms with van der Waals surface area (Å²) >= 11 is 5.49. The lowest BCUT2D eigenvalue weighted by Crippen LogP contribution is -2.11. The molecule has 0 bridgehead atoms. The molecule has 0 aliphatic carbocycles. The molecule has 0 saturated carbocycles. The molecule has 0 saturated heterocycles. The maximum atomic E-state index is 5.49. The van der Waals surface area contributed by atoms with Gasteiger partial charge in [0, 0.05) is 12.6 Å². The van der Waals surface area contributed by atoms with Crippen LogP contribution in [0.4, 0.5) is 0 Å². The number of hydrogen-bond donors (Lipinski definition) is 1. The summed E-state index contributed by atoms with van der Waals surface area (Å²) in [5.41, 5.74) is 5.21. The van der Waals surface area contributed by atoms with Crippen LogP contribution in [0.3, 0.4) is 0 Å². The number of halogens is 2. The topological polar surface area (TPSA) is 61.0 Å². The average Bonchev–Trinajstić information content (AvgIpc) is 2.04. The van der Waals surface area contributed by atoms with Gasteiger partial charge >= 0.3 is 0 Å². The number of aromatic nitrogens is 2.